The number of ether oxygens (including phenoxy) is 1. The molecule has 0 bridgehead atoms. The Bertz CT molecular complexity index is 409. The van der Waals surface area contributed by atoms with Crippen LogP contribution in [0.4, 0.5) is 0 Å². The van der Waals surface area contributed by atoms with Crippen LogP contribution in [0, 0.1) is 12.3 Å². The van der Waals surface area contributed by atoms with Crippen molar-refractivity contribution in [2.45, 2.75) is 32.4 Å². The Labute approximate surface area is 103 Å². The molecule has 17 heavy (non-hydrogen) atoms. The Morgan fingerprint density at radius 1 is 1.47 bits per heavy atom. The fourth-order valence-electron chi connectivity index (χ4n) is 1.77. The first-order chi connectivity index (χ1) is 8.08. The van der Waals surface area contributed by atoms with Gasteiger partial charge in [0.2, 0.25) is 0 Å². The van der Waals surface area contributed by atoms with Gasteiger partial charge in [-0.25, -0.2) is 0 Å². The van der Waals surface area contributed by atoms with Crippen LogP contribution in [-0.2, 0) is 0 Å². The third-order valence-electron chi connectivity index (χ3n) is 2.66. The minimum atomic E-state index is 0.0456. The topological polar surface area (TPSA) is 41.5 Å². The van der Waals surface area contributed by atoms with E-state index in [0.717, 1.165) is 5.56 Å². The van der Waals surface area contributed by atoms with Crippen molar-refractivity contribution in [3.63, 3.8) is 0 Å². The minimum absolute atomic E-state index is 0.0456. The SMILES string of the molecule is C#CCC(C)NC(C)c1ccc(OC)cc1O. The molecule has 3 heteroatoms. The van der Waals surface area contributed by atoms with E-state index in [-0.39, 0.29) is 17.8 Å². The number of methoxy groups -OCH3 is 1. The van der Waals surface area contributed by atoms with E-state index < -0.39 is 0 Å². The molecule has 92 valence electrons. The summed E-state index contributed by atoms with van der Waals surface area (Å²) in [6.07, 6.45) is 5.92. The Balaban J connectivity index is 2.75. The number of phenolic OH excluding ortho intramolecular Hbond substituents is 1. The van der Waals surface area contributed by atoms with Crippen LogP contribution in [0.2, 0.25) is 0 Å². The molecule has 2 unspecified atom stereocenters. The highest BCUT2D eigenvalue weighted by Crippen LogP contribution is 2.28. The maximum Gasteiger partial charge on any atom is 0.124 e. The number of rotatable bonds is 5. The van der Waals surface area contributed by atoms with Crippen LogP contribution in [0.15, 0.2) is 18.2 Å². The molecular formula is C14H19NO2. The van der Waals surface area contributed by atoms with Gasteiger partial charge in [0.1, 0.15) is 11.5 Å². The van der Waals surface area contributed by atoms with Gasteiger partial charge in [-0.05, 0) is 19.9 Å². The summed E-state index contributed by atoms with van der Waals surface area (Å²) in [7, 11) is 1.57. The predicted molar refractivity (Wildman–Crippen MR) is 69.1 cm³/mol. The largest absolute Gasteiger partial charge is 0.507 e. The summed E-state index contributed by atoms with van der Waals surface area (Å²) in [6.45, 7) is 4.02. The van der Waals surface area contributed by atoms with Crippen molar-refractivity contribution >= 4 is 0 Å². The second-order valence-electron chi connectivity index (χ2n) is 4.12. The fraction of sp³-hybridized carbons (Fsp3) is 0.429. The molecule has 0 aliphatic heterocycles. The van der Waals surface area contributed by atoms with Gasteiger partial charge in [-0.15, -0.1) is 12.3 Å². The van der Waals surface area contributed by atoms with Crippen molar-refractivity contribution < 1.29 is 9.84 Å². The summed E-state index contributed by atoms with van der Waals surface area (Å²) < 4.78 is 5.04. The number of aromatic hydroxyl groups is 1. The number of phenols is 1. The van der Waals surface area contributed by atoms with Gasteiger partial charge in [0, 0.05) is 30.1 Å². The van der Waals surface area contributed by atoms with Crippen molar-refractivity contribution in [3.05, 3.63) is 23.8 Å². The van der Waals surface area contributed by atoms with Gasteiger partial charge in [-0.3, -0.25) is 0 Å². The molecule has 0 aliphatic carbocycles. The first-order valence-electron chi connectivity index (χ1n) is 5.65. The second-order valence-corrected chi connectivity index (χ2v) is 4.12. The third-order valence-corrected chi connectivity index (χ3v) is 2.66. The molecule has 1 rings (SSSR count). The van der Waals surface area contributed by atoms with Gasteiger partial charge >= 0.3 is 0 Å². The Hall–Kier alpha value is -1.66. The van der Waals surface area contributed by atoms with Crippen LogP contribution < -0.4 is 10.1 Å². The molecule has 1 aromatic rings. The second kappa shape index (κ2) is 6.17. The smallest absolute Gasteiger partial charge is 0.124 e. The number of benzene rings is 1. The molecule has 0 radical (unpaired) electrons. The summed E-state index contributed by atoms with van der Waals surface area (Å²) in [5, 5.41) is 13.2. The van der Waals surface area contributed by atoms with E-state index in [1.165, 1.54) is 0 Å². The van der Waals surface area contributed by atoms with Crippen LogP contribution in [0.1, 0.15) is 31.9 Å². The number of hydrogen-bond acceptors (Lipinski definition) is 3. The molecule has 0 amide bonds. The zero-order chi connectivity index (χ0) is 12.8. The van der Waals surface area contributed by atoms with Crippen LogP contribution in [0.3, 0.4) is 0 Å². The lowest BCUT2D eigenvalue weighted by atomic mass is 10.1. The quantitative estimate of drug-likeness (QED) is 0.768. The monoisotopic (exact) mass is 233 g/mol. The summed E-state index contributed by atoms with van der Waals surface area (Å²) >= 11 is 0. The van der Waals surface area contributed by atoms with Crippen molar-refractivity contribution in [2.24, 2.45) is 0 Å². The van der Waals surface area contributed by atoms with Crippen LogP contribution in [0.25, 0.3) is 0 Å². The predicted octanol–water partition coefficient (Wildman–Crippen LogP) is 2.46. The molecule has 0 saturated heterocycles. The molecule has 0 spiro atoms. The molecule has 0 heterocycles. The fourth-order valence-corrected chi connectivity index (χ4v) is 1.77. The molecule has 2 atom stereocenters. The van der Waals surface area contributed by atoms with Crippen molar-refractivity contribution in [2.75, 3.05) is 7.11 Å². The number of nitrogens with one attached hydrogen (secondary N) is 1. The maximum atomic E-state index is 9.88. The highest BCUT2D eigenvalue weighted by Gasteiger charge is 2.13. The summed E-state index contributed by atoms with van der Waals surface area (Å²) in [5.41, 5.74) is 0.842. The van der Waals surface area contributed by atoms with Gasteiger partial charge in [0.05, 0.1) is 7.11 Å². The van der Waals surface area contributed by atoms with Gasteiger partial charge in [-0.1, -0.05) is 6.07 Å². The lowest BCUT2D eigenvalue weighted by Crippen LogP contribution is -2.28. The van der Waals surface area contributed by atoms with Gasteiger partial charge < -0.3 is 15.2 Å². The molecular weight excluding hydrogens is 214 g/mol. The number of terminal acetylenes is 1. The average molecular weight is 233 g/mol. The Morgan fingerprint density at radius 2 is 2.18 bits per heavy atom. The Kier molecular flexibility index (Phi) is 4.86. The Morgan fingerprint density at radius 3 is 2.71 bits per heavy atom. The normalized spacial score (nSPS) is 13.8. The van der Waals surface area contributed by atoms with Crippen molar-refractivity contribution in [1.29, 1.82) is 0 Å². The zero-order valence-electron chi connectivity index (χ0n) is 10.5. The highest BCUT2D eigenvalue weighted by molar-refractivity contribution is 5.41. The minimum Gasteiger partial charge on any atom is -0.507 e. The highest BCUT2D eigenvalue weighted by atomic mass is 16.5. The molecule has 0 aliphatic rings. The lowest BCUT2D eigenvalue weighted by Gasteiger charge is -2.20. The van der Waals surface area contributed by atoms with Gasteiger partial charge in [0.25, 0.3) is 0 Å². The standard InChI is InChI=1S/C14H19NO2/c1-5-6-10(2)15-11(3)13-8-7-12(17-4)9-14(13)16/h1,7-11,15-16H,6H2,2-4H3. The molecule has 3 nitrogen and oxygen atoms in total. The van der Waals surface area contributed by atoms with Crippen molar-refractivity contribution in [1.82, 2.24) is 5.32 Å². The average Bonchev–Trinajstić information content (AvgIpc) is 2.28. The molecule has 0 fully saturated rings. The van der Waals surface area contributed by atoms with E-state index in [0.29, 0.717) is 12.2 Å². The van der Waals surface area contributed by atoms with E-state index in [2.05, 4.69) is 11.2 Å². The van der Waals surface area contributed by atoms with Crippen LogP contribution in [-0.4, -0.2) is 18.3 Å². The van der Waals surface area contributed by atoms with E-state index in [1.807, 2.05) is 26.0 Å². The third kappa shape index (κ3) is 3.69. The van der Waals surface area contributed by atoms with Crippen LogP contribution in [0.5, 0.6) is 11.5 Å². The molecule has 0 aromatic heterocycles. The molecule has 2 N–H and O–H groups in total. The van der Waals surface area contributed by atoms with Crippen molar-refractivity contribution in [3.8, 4) is 23.8 Å². The molecule has 1 aromatic carbocycles. The lowest BCUT2D eigenvalue weighted by molar-refractivity contribution is 0.401. The summed E-state index contributed by atoms with van der Waals surface area (Å²) in [5.74, 6) is 3.49. The van der Waals surface area contributed by atoms with Crippen LogP contribution >= 0.6 is 0 Å². The first-order valence-corrected chi connectivity index (χ1v) is 5.65. The summed E-state index contributed by atoms with van der Waals surface area (Å²) in [4.78, 5) is 0. The van der Waals surface area contributed by atoms with Gasteiger partial charge in [-0.2, -0.15) is 0 Å². The van der Waals surface area contributed by atoms with E-state index in [1.54, 1.807) is 13.2 Å². The van der Waals surface area contributed by atoms with E-state index in [4.69, 9.17) is 11.2 Å². The number of hydrogen-bond donors (Lipinski definition) is 2. The maximum absolute atomic E-state index is 9.88. The van der Waals surface area contributed by atoms with E-state index >= 15 is 0 Å². The zero-order valence-corrected chi connectivity index (χ0v) is 10.5. The summed E-state index contributed by atoms with van der Waals surface area (Å²) in [6, 6.07) is 5.56. The molecule has 0 saturated carbocycles. The first kappa shape index (κ1) is 13.4. The van der Waals surface area contributed by atoms with E-state index in [9.17, 15) is 5.11 Å². The van der Waals surface area contributed by atoms with Gasteiger partial charge in [0.15, 0.2) is 0 Å².